The van der Waals surface area contributed by atoms with Crippen molar-refractivity contribution >= 4 is 21.9 Å². The number of rotatable bonds is 2. The summed E-state index contributed by atoms with van der Waals surface area (Å²) in [5, 5.41) is 0. The smallest absolute Gasteiger partial charge is 0.339 e. The van der Waals surface area contributed by atoms with E-state index in [0.29, 0.717) is 12.2 Å². The Bertz CT molecular complexity index is 289. The Morgan fingerprint density at radius 3 is 2.64 bits per heavy atom. The number of carbonyl (C=O) groups excluding carboxylic acids is 1. The highest BCUT2D eigenvalue weighted by Crippen LogP contribution is 2.10. The van der Waals surface area contributed by atoms with Gasteiger partial charge in [0.25, 0.3) is 0 Å². The molecule has 78 valence electrons. The van der Waals surface area contributed by atoms with Crippen LogP contribution in [0.15, 0.2) is 22.9 Å². The zero-order valence-corrected chi connectivity index (χ0v) is 10.2. The summed E-state index contributed by atoms with van der Waals surface area (Å²) in [6.07, 6.45) is 3.09. The van der Waals surface area contributed by atoms with Crippen LogP contribution >= 0.6 is 15.9 Å². The molecular weight excluding hydrogens is 246 g/mol. The van der Waals surface area contributed by atoms with Crippen LogP contribution in [0.2, 0.25) is 0 Å². The highest BCUT2D eigenvalue weighted by Gasteiger charge is 2.05. The van der Waals surface area contributed by atoms with E-state index in [9.17, 15) is 4.79 Å². The molecule has 0 saturated carbocycles. The predicted octanol–water partition coefficient (Wildman–Crippen LogP) is 3.05. The average Bonchev–Trinajstić information content (AvgIpc) is 2.21. The number of nitrogens with zero attached hydrogens (tertiary/aromatic N) is 1. The van der Waals surface area contributed by atoms with Crippen molar-refractivity contribution in [1.82, 2.24) is 4.98 Å². The van der Waals surface area contributed by atoms with Crippen LogP contribution in [0.1, 0.15) is 31.1 Å². The maximum Gasteiger partial charge on any atom is 0.339 e. The molecule has 0 saturated heterocycles. The zero-order valence-electron chi connectivity index (χ0n) is 8.58. The van der Waals surface area contributed by atoms with Gasteiger partial charge >= 0.3 is 5.97 Å². The first-order chi connectivity index (χ1) is 6.74. The minimum atomic E-state index is -0.341. The van der Waals surface area contributed by atoms with Gasteiger partial charge in [-0.1, -0.05) is 13.8 Å². The number of pyridine rings is 1. The van der Waals surface area contributed by atoms with Crippen LogP contribution in [0.5, 0.6) is 0 Å². The van der Waals surface area contributed by atoms with Crippen molar-refractivity contribution in [3.63, 3.8) is 0 Å². The van der Waals surface area contributed by atoms with Gasteiger partial charge in [-0.15, -0.1) is 0 Å². The Labute approximate surface area is 92.6 Å². The summed E-state index contributed by atoms with van der Waals surface area (Å²) >= 11 is 3.21. The summed E-state index contributed by atoms with van der Waals surface area (Å²) < 4.78 is 5.55. The molecule has 0 spiro atoms. The van der Waals surface area contributed by atoms with Crippen molar-refractivity contribution in [1.29, 1.82) is 0 Å². The van der Waals surface area contributed by atoms with Crippen LogP contribution in [-0.2, 0) is 4.74 Å². The lowest BCUT2D eigenvalue weighted by Crippen LogP contribution is -2.04. The summed E-state index contributed by atoms with van der Waals surface area (Å²) in [7, 11) is 0. The van der Waals surface area contributed by atoms with Crippen molar-refractivity contribution in [3.8, 4) is 0 Å². The van der Waals surface area contributed by atoms with E-state index >= 15 is 0 Å². The Morgan fingerprint density at radius 1 is 1.50 bits per heavy atom. The number of esters is 1. The van der Waals surface area contributed by atoms with Crippen molar-refractivity contribution in [3.05, 3.63) is 28.5 Å². The molecule has 4 heteroatoms. The van der Waals surface area contributed by atoms with Crippen LogP contribution in [0.4, 0.5) is 0 Å². The molecule has 0 aliphatic rings. The van der Waals surface area contributed by atoms with Crippen LogP contribution in [0.25, 0.3) is 0 Å². The monoisotopic (exact) mass is 259 g/mol. The number of hydrogen-bond acceptors (Lipinski definition) is 3. The maximum absolute atomic E-state index is 11.1. The van der Waals surface area contributed by atoms with Crippen LogP contribution in [0, 0.1) is 0 Å². The maximum atomic E-state index is 11.1. The fourth-order valence-electron chi connectivity index (χ4n) is 0.738. The summed E-state index contributed by atoms with van der Waals surface area (Å²) in [5.41, 5.74) is 0.464. The third-order valence-corrected chi connectivity index (χ3v) is 1.65. The van der Waals surface area contributed by atoms with Crippen LogP contribution in [0.3, 0.4) is 0 Å². The molecule has 0 fully saturated rings. The van der Waals surface area contributed by atoms with E-state index in [1.54, 1.807) is 19.2 Å². The molecule has 0 aliphatic heterocycles. The minimum Gasteiger partial charge on any atom is -0.462 e. The van der Waals surface area contributed by atoms with Crippen LogP contribution < -0.4 is 0 Å². The van der Waals surface area contributed by atoms with Gasteiger partial charge in [0.15, 0.2) is 0 Å². The molecule has 0 aliphatic carbocycles. The molecule has 0 radical (unpaired) electrons. The first kappa shape index (κ1) is 13.1. The molecular formula is C10H14BrNO2. The largest absolute Gasteiger partial charge is 0.462 e. The molecule has 0 unspecified atom stereocenters. The number of halogens is 1. The van der Waals surface area contributed by atoms with E-state index in [0.717, 1.165) is 4.47 Å². The van der Waals surface area contributed by atoms with Gasteiger partial charge in [0, 0.05) is 16.9 Å². The molecule has 1 aromatic heterocycles. The quantitative estimate of drug-likeness (QED) is 0.767. The van der Waals surface area contributed by atoms with Gasteiger partial charge in [-0.3, -0.25) is 4.98 Å². The number of carbonyl (C=O) groups is 1. The van der Waals surface area contributed by atoms with Gasteiger partial charge in [0.05, 0.1) is 12.2 Å². The fourth-order valence-corrected chi connectivity index (χ4v) is 1.10. The standard InChI is InChI=1S/C8H8BrNO2.C2H6/c1-2-12-8(11)6-3-7(9)5-10-4-6;1-2/h3-5H,2H2,1H3;1-2H3. The molecule has 0 atom stereocenters. The van der Waals surface area contributed by atoms with E-state index in [2.05, 4.69) is 20.9 Å². The van der Waals surface area contributed by atoms with E-state index in [-0.39, 0.29) is 5.97 Å². The van der Waals surface area contributed by atoms with Gasteiger partial charge in [0.1, 0.15) is 0 Å². The van der Waals surface area contributed by atoms with Gasteiger partial charge in [-0.05, 0) is 28.9 Å². The number of ether oxygens (including phenoxy) is 1. The third kappa shape index (κ3) is 4.37. The fraction of sp³-hybridized carbons (Fsp3) is 0.400. The lowest BCUT2D eigenvalue weighted by molar-refractivity contribution is 0.0526. The summed E-state index contributed by atoms with van der Waals surface area (Å²) in [5.74, 6) is -0.341. The number of aromatic nitrogens is 1. The third-order valence-electron chi connectivity index (χ3n) is 1.22. The topological polar surface area (TPSA) is 39.2 Å². The Kier molecular flexibility index (Phi) is 7.02. The molecule has 0 amide bonds. The molecule has 1 rings (SSSR count). The highest BCUT2D eigenvalue weighted by atomic mass is 79.9. The van der Waals surface area contributed by atoms with E-state index in [4.69, 9.17) is 4.74 Å². The predicted molar refractivity (Wildman–Crippen MR) is 59.2 cm³/mol. The van der Waals surface area contributed by atoms with E-state index < -0.39 is 0 Å². The first-order valence-electron chi connectivity index (χ1n) is 4.51. The molecule has 0 aromatic carbocycles. The van der Waals surface area contributed by atoms with Gasteiger partial charge in [0.2, 0.25) is 0 Å². The second-order valence-corrected chi connectivity index (χ2v) is 3.03. The first-order valence-corrected chi connectivity index (χ1v) is 5.31. The average molecular weight is 260 g/mol. The van der Waals surface area contributed by atoms with Gasteiger partial charge in [-0.25, -0.2) is 4.79 Å². The van der Waals surface area contributed by atoms with Crippen molar-refractivity contribution < 1.29 is 9.53 Å². The summed E-state index contributed by atoms with van der Waals surface area (Å²) in [4.78, 5) is 15.0. The second-order valence-electron chi connectivity index (χ2n) is 2.11. The summed E-state index contributed by atoms with van der Waals surface area (Å²) in [6, 6.07) is 1.67. The highest BCUT2D eigenvalue weighted by molar-refractivity contribution is 9.10. The van der Waals surface area contributed by atoms with Gasteiger partial charge < -0.3 is 4.74 Å². The Hall–Kier alpha value is -0.900. The van der Waals surface area contributed by atoms with Gasteiger partial charge in [-0.2, -0.15) is 0 Å². The molecule has 3 nitrogen and oxygen atoms in total. The van der Waals surface area contributed by atoms with E-state index in [1.807, 2.05) is 13.8 Å². The molecule has 14 heavy (non-hydrogen) atoms. The molecule has 1 aromatic rings. The van der Waals surface area contributed by atoms with Crippen molar-refractivity contribution in [2.75, 3.05) is 6.61 Å². The van der Waals surface area contributed by atoms with Crippen molar-refractivity contribution in [2.24, 2.45) is 0 Å². The second kappa shape index (κ2) is 7.50. The Balaban J connectivity index is 0.000000791. The summed E-state index contributed by atoms with van der Waals surface area (Å²) in [6.45, 7) is 6.15. The Morgan fingerprint density at radius 2 is 2.14 bits per heavy atom. The molecule has 1 heterocycles. The van der Waals surface area contributed by atoms with E-state index in [1.165, 1.54) is 6.20 Å². The zero-order chi connectivity index (χ0) is 11.0. The normalized spacial score (nSPS) is 8.57. The lowest BCUT2D eigenvalue weighted by atomic mass is 10.3. The SMILES string of the molecule is CC.CCOC(=O)c1cncc(Br)c1. The molecule has 0 bridgehead atoms. The number of hydrogen-bond donors (Lipinski definition) is 0. The minimum absolute atomic E-state index is 0.341. The van der Waals surface area contributed by atoms with Crippen LogP contribution in [-0.4, -0.2) is 17.6 Å². The van der Waals surface area contributed by atoms with Crippen molar-refractivity contribution in [2.45, 2.75) is 20.8 Å². The lowest BCUT2D eigenvalue weighted by Gasteiger charge is -2.00. The molecule has 0 N–H and O–H groups in total.